The average Bonchev–Trinajstić information content (AvgIpc) is 1.73. The Morgan fingerprint density at radius 3 is 1.90 bits per heavy atom. The first kappa shape index (κ1) is 8.06. The Morgan fingerprint density at radius 1 is 1.30 bits per heavy atom. The van der Waals surface area contributed by atoms with Crippen LogP contribution in [0.3, 0.4) is 0 Å². The van der Waals surface area contributed by atoms with E-state index in [4.69, 9.17) is 0 Å². The zero-order valence-electron chi connectivity index (χ0n) is 7.94. The molecule has 1 aliphatic rings. The second-order valence-electron chi connectivity index (χ2n) is 5.15. The lowest BCUT2D eigenvalue weighted by Gasteiger charge is -2.29. The van der Waals surface area contributed by atoms with Crippen LogP contribution in [0.2, 0.25) is 0 Å². The second kappa shape index (κ2) is 1.97. The zero-order valence-corrected chi connectivity index (χ0v) is 7.94. The fourth-order valence-corrected chi connectivity index (χ4v) is 2.37. The molecule has 0 bridgehead atoms. The van der Waals surface area contributed by atoms with E-state index in [1.807, 2.05) is 0 Å². The molecule has 1 atom stereocenters. The van der Waals surface area contributed by atoms with Crippen molar-refractivity contribution in [2.45, 2.75) is 33.2 Å². The molecule has 1 heteroatoms. The van der Waals surface area contributed by atoms with Crippen LogP contribution in [0.1, 0.15) is 27.2 Å². The van der Waals surface area contributed by atoms with Crippen molar-refractivity contribution in [2.24, 2.45) is 5.41 Å². The topological polar surface area (TPSA) is 0 Å². The van der Waals surface area contributed by atoms with Gasteiger partial charge in [-0.3, -0.25) is 0 Å². The van der Waals surface area contributed by atoms with Crippen molar-refractivity contribution in [1.29, 1.82) is 0 Å². The minimum Gasteiger partial charge on any atom is -0.326 e. The minimum absolute atomic E-state index is 0.572. The first-order valence-corrected chi connectivity index (χ1v) is 4.16. The number of hydrogen-bond donors (Lipinski definition) is 0. The van der Waals surface area contributed by atoms with Gasteiger partial charge in [-0.25, -0.2) is 0 Å². The van der Waals surface area contributed by atoms with Gasteiger partial charge in [0.25, 0.3) is 0 Å². The van der Waals surface area contributed by atoms with Crippen LogP contribution in [0.4, 0.5) is 0 Å². The Morgan fingerprint density at radius 2 is 1.80 bits per heavy atom. The first-order chi connectivity index (χ1) is 4.33. The minimum atomic E-state index is 0.572. The Hall–Kier alpha value is -0.0400. The highest BCUT2D eigenvalue weighted by atomic mass is 15.4. The molecule has 1 nitrogen and oxygen atoms in total. The molecule has 0 aromatic carbocycles. The molecule has 0 spiro atoms. The summed E-state index contributed by atoms with van der Waals surface area (Å²) in [5.41, 5.74) is 0.572. The molecule has 60 valence electrons. The molecular formula is C9H20N+. The van der Waals surface area contributed by atoms with Gasteiger partial charge >= 0.3 is 0 Å². The smallest absolute Gasteiger partial charge is 0.0865 e. The fraction of sp³-hybridized carbons (Fsp3) is 1.00. The van der Waals surface area contributed by atoms with E-state index in [1.165, 1.54) is 17.4 Å². The summed E-state index contributed by atoms with van der Waals surface area (Å²) < 4.78 is 1.20. The highest BCUT2D eigenvalue weighted by Crippen LogP contribution is 2.36. The molecule has 0 saturated carbocycles. The molecule has 1 heterocycles. The van der Waals surface area contributed by atoms with E-state index in [1.54, 1.807) is 0 Å². The standard InChI is InChI=1S/C9H20N/c1-8-6-9(2,3)7-10(8,4)5/h8H,6-7H2,1-5H3/q+1. The lowest BCUT2D eigenvalue weighted by atomic mass is 9.91. The summed E-state index contributed by atoms with van der Waals surface area (Å²) in [6, 6.07) is 0.843. The predicted octanol–water partition coefficient (Wildman–Crippen LogP) is 1.88. The second-order valence-corrected chi connectivity index (χ2v) is 5.15. The van der Waals surface area contributed by atoms with Crippen LogP contribution in [0, 0.1) is 5.41 Å². The van der Waals surface area contributed by atoms with Gasteiger partial charge in [0.05, 0.1) is 26.7 Å². The predicted molar refractivity (Wildman–Crippen MR) is 44.8 cm³/mol. The van der Waals surface area contributed by atoms with E-state index >= 15 is 0 Å². The molecule has 0 N–H and O–H groups in total. The Kier molecular flexibility index (Phi) is 1.59. The summed E-state index contributed by atoms with van der Waals surface area (Å²) in [5, 5.41) is 0. The maximum Gasteiger partial charge on any atom is 0.0865 e. The highest BCUT2D eigenvalue weighted by molar-refractivity contribution is 4.78. The van der Waals surface area contributed by atoms with Crippen molar-refractivity contribution in [3.63, 3.8) is 0 Å². The summed E-state index contributed by atoms with van der Waals surface area (Å²) in [7, 11) is 4.67. The van der Waals surface area contributed by atoms with Gasteiger partial charge in [-0.2, -0.15) is 0 Å². The van der Waals surface area contributed by atoms with Crippen molar-refractivity contribution in [2.75, 3.05) is 20.6 Å². The van der Waals surface area contributed by atoms with Gasteiger partial charge in [-0.1, -0.05) is 13.8 Å². The van der Waals surface area contributed by atoms with Crippen LogP contribution in [-0.4, -0.2) is 31.2 Å². The van der Waals surface area contributed by atoms with Gasteiger partial charge in [-0.05, 0) is 6.92 Å². The van der Waals surface area contributed by atoms with E-state index in [9.17, 15) is 0 Å². The van der Waals surface area contributed by atoms with Gasteiger partial charge in [-0.15, -0.1) is 0 Å². The number of nitrogens with zero attached hydrogens (tertiary/aromatic N) is 1. The molecule has 1 rings (SSSR count). The number of quaternary nitrogens is 1. The van der Waals surface area contributed by atoms with Crippen molar-refractivity contribution < 1.29 is 4.48 Å². The van der Waals surface area contributed by atoms with Crippen LogP contribution in [0.5, 0.6) is 0 Å². The molecular weight excluding hydrogens is 122 g/mol. The van der Waals surface area contributed by atoms with Crippen molar-refractivity contribution in [1.82, 2.24) is 0 Å². The summed E-state index contributed by atoms with van der Waals surface area (Å²) in [6.07, 6.45) is 1.38. The normalized spacial score (nSPS) is 36.3. The molecule has 1 fully saturated rings. The van der Waals surface area contributed by atoms with Gasteiger partial charge < -0.3 is 4.48 Å². The van der Waals surface area contributed by atoms with Gasteiger partial charge in [0, 0.05) is 11.8 Å². The van der Waals surface area contributed by atoms with Crippen LogP contribution < -0.4 is 0 Å². The molecule has 0 radical (unpaired) electrons. The lowest BCUT2D eigenvalue weighted by molar-refractivity contribution is -0.902. The average molecular weight is 142 g/mol. The Labute approximate surface area is 64.6 Å². The van der Waals surface area contributed by atoms with Gasteiger partial charge in [0.15, 0.2) is 0 Å². The number of hydrogen-bond acceptors (Lipinski definition) is 0. The van der Waals surface area contributed by atoms with Crippen LogP contribution >= 0.6 is 0 Å². The first-order valence-electron chi connectivity index (χ1n) is 4.16. The fourth-order valence-electron chi connectivity index (χ4n) is 2.37. The Balaban J connectivity index is 2.71. The zero-order chi connectivity index (χ0) is 7.99. The van der Waals surface area contributed by atoms with Gasteiger partial charge in [0.2, 0.25) is 0 Å². The Bertz CT molecular complexity index is 136. The summed E-state index contributed by atoms with van der Waals surface area (Å²) in [6.45, 7) is 8.43. The lowest BCUT2D eigenvalue weighted by Crippen LogP contribution is -2.43. The third-order valence-corrected chi connectivity index (χ3v) is 2.88. The van der Waals surface area contributed by atoms with Crippen LogP contribution in [0.25, 0.3) is 0 Å². The summed E-state index contributed by atoms with van der Waals surface area (Å²) in [4.78, 5) is 0. The van der Waals surface area contributed by atoms with Crippen molar-refractivity contribution >= 4 is 0 Å². The van der Waals surface area contributed by atoms with Crippen molar-refractivity contribution in [3.05, 3.63) is 0 Å². The maximum atomic E-state index is 2.37. The molecule has 10 heavy (non-hydrogen) atoms. The molecule has 0 aromatic heterocycles. The van der Waals surface area contributed by atoms with E-state index in [-0.39, 0.29) is 0 Å². The summed E-state index contributed by atoms with van der Waals surface area (Å²) >= 11 is 0. The van der Waals surface area contributed by atoms with E-state index < -0.39 is 0 Å². The third kappa shape index (κ3) is 1.34. The largest absolute Gasteiger partial charge is 0.326 e. The molecule has 1 unspecified atom stereocenters. The molecule has 0 amide bonds. The highest BCUT2D eigenvalue weighted by Gasteiger charge is 2.42. The third-order valence-electron chi connectivity index (χ3n) is 2.88. The van der Waals surface area contributed by atoms with E-state index in [0.717, 1.165) is 6.04 Å². The van der Waals surface area contributed by atoms with Crippen LogP contribution in [0.15, 0.2) is 0 Å². The summed E-state index contributed by atoms with van der Waals surface area (Å²) in [5.74, 6) is 0. The monoisotopic (exact) mass is 142 g/mol. The van der Waals surface area contributed by atoms with E-state index in [0.29, 0.717) is 5.41 Å². The molecule has 1 aliphatic heterocycles. The maximum absolute atomic E-state index is 2.37. The number of rotatable bonds is 0. The van der Waals surface area contributed by atoms with Gasteiger partial charge in [0.1, 0.15) is 0 Å². The number of likely N-dealkylation sites (tertiary alicyclic amines) is 1. The SMILES string of the molecule is CC1CC(C)(C)C[N+]1(C)C. The quantitative estimate of drug-likeness (QED) is 0.453. The molecule has 0 aliphatic carbocycles. The van der Waals surface area contributed by atoms with Crippen LogP contribution in [-0.2, 0) is 0 Å². The van der Waals surface area contributed by atoms with Crippen molar-refractivity contribution in [3.8, 4) is 0 Å². The van der Waals surface area contributed by atoms with E-state index in [2.05, 4.69) is 34.9 Å². The molecule has 0 aromatic rings. The molecule has 1 saturated heterocycles.